The van der Waals surface area contributed by atoms with E-state index in [9.17, 15) is 0 Å². The zero-order chi connectivity index (χ0) is 10.1. The smallest absolute Gasteiger partial charge is 0.0108 e. The Kier molecular flexibility index (Phi) is 2.80. The molecule has 1 aliphatic carbocycles. The van der Waals surface area contributed by atoms with Gasteiger partial charge in [-0.05, 0) is 35.3 Å². The van der Waals surface area contributed by atoms with Crippen LogP contribution in [0.2, 0.25) is 0 Å². The molecule has 0 heteroatoms. The lowest BCUT2D eigenvalue weighted by atomic mass is 9.76. The fraction of sp³-hybridized carbons (Fsp3) is 0.538. The van der Waals surface area contributed by atoms with Gasteiger partial charge in [0.2, 0.25) is 0 Å². The Morgan fingerprint density at radius 2 is 1.85 bits per heavy atom. The maximum absolute atomic E-state index is 3.90. The summed E-state index contributed by atoms with van der Waals surface area (Å²) in [6, 6.07) is 0. The zero-order valence-corrected chi connectivity index (χ0v) is 9.06. The summed E-state index contributed by atoms with van der Waals surface area (Å²) >= 11 is 0. The molecule has 0 N–H and O–H groups in total. The molecule has 0 aromatic carbocycles. The maximum atomic E-state index is 3.90. The SMILES string of the molecule is C=CC1=C(C=C)C(C(C)(C)C)CC1. The van der Waals surface area contributed by atoms with Crippen LogP contribution in [0.5, 0.6) is 0 Å². The van der Waals surface area contributed by atoms with Crippen LogP contribution in [0.25, 0.3) is 0 Å². The third kappa shape index (κ3) is 1.93. The zero-order valence-electron chi connectivity index (χ0n) is 9.06. The van der Waals surface area contributed by atoms with Crippen molar-refractivity contribution in [1.29, 1.82) is 0 Å². The van der Waals surface area contributed by atoms with Gasteiger partial charge in [0.25, 0.3) is 0 Å². The Morgan fingerprint density at radius 3 is 2.23 bits per heavy atom. The minimum absolute atomic E-state index is 0.355. The molecule has 0 amide bonds. The molecule has 0 bridgehead atoms. The van der Waals surface area contributed by atoms with Gasteiger partial charge < -0.3 is 0 Å². The molecular weight excluding hydrogens is 156 g/mol. The Hall–Kier alpha value is -0.780. The van der Waals surface area contributed by atoms with Crippen LogP contribution >= 0.6 is 0 Å². The highest BCUT2D eigenvalue weighted by Crippen LogP contribution is 2.43. The highest BCUT2D eigenvalue weighted by atomic mass is 14.4. The lowest BCUT2D eigenvalue weighted by molar-refractivity contribution is 0.282. The first-order chi connectivity index (χ1) is 6.00. The second-order valence-corrected chi connectivity index (χ2v) is 4.85. The second kappa shape index (κ2) is 3.53. The summed E-state index contributed by atoms with van der Waals surface area (Å²) < 4.78 is 0. The van der Waals surface area contributed by atoms with Crippen molar-refractivity contribution < 1.29 is 0 Å². The van der Waals surface area contributed by atoms with Crippen molar-refractivity contribution in [2.75, 3.05) is 0 Å². The number of hydrogen-bond acceptors (Lipinski definition) is 0. The molecule has 0 nitrogen and oxygen atoms in total. The van der Waals surface area contributed by atoms with Crippen molar-refractivity contribution in [1.82, 2.24) is 0 Å². The molecule has 0 saturated carbocycles. The van der Waals surface area contributed by atoms with E-state index in [0.717, 1.165) is 0 Å². The van der Waals surface area contributed by atoms with Crippen LogP contribution in [0.1, 0.15) is 33.6 Å². The van der Waals surface area contributed by atoms with Crippen molar-refractivity contribution in [3.8, 4) is 0 Å². The van der Waals surface area contributed by atoms with Gasteiger partial charge in [0.15, 0.2) is 0 Å². The number of allylic oxidation sites excluding steroid dienone is 4. The Balaban J connectivity index is 3.00. The Labute approximate surface area is 82.0 Å². The third-order valence-electron chi connectivity index (χ3n) is 2.96. The van der Waals surface area contributed by atoms with Gasteiger partial charge in [-0.2, -0.15) is 0 Å². The average molecular weight is 176 g/mol. The summed E-state index contributed by atoms with van der Waals surface area (Å²) in [4.78, 5) is 0. The summed E-state index contributed by atoms with van der Waals surface area (Å²) in [5.41, 5.74) is 3.17. The van der Waals surface area contributed by atoms with E-state index in [1.165, 1.54) is 24.0 Å². The molecule has 0 aromatic heterocycles. The molecule has 1 unspecified atom stereocenters. The normalized spacial score (nSPS) is 23.5. The molecule has 1 aliphatic rings. The molecule has 1 atom stereocenters. The Bertz CT molecular complexity index is 248. The molecule has 0 heterocycles. The van der Waals surface area contributed by atoms with Crippen molar-refractivity contribution in [2.24, 2.45) is 11.3 Å². The summed E-state index contributed by atoms with van der Waals surface area (Å²) in [5, 5.41) is 0. The van der Waals surface area contributed by atoms with Gasteiger partial charge in [0.05, 0.1) is 0 Å². The maximum Gasteiger partial charge on any atom is -0.0108 e. The van der Waals surface area contributed by atoms with E-state index in [1.807, 2.05) is 12.2 Å². The molecule has 13 heavy (non-hydrogen) atoms. The lowest BCUT2D eigenvalue weighted by Gasteiger charge is -2.28. The molecule has 72 valence electrons. The first-order valence-corrected chi connectivity index (χ1v) is 4.98. The summed E-state index contributed by atoms with van der Waals surface area (Å²) in [7, 11) is 0. The second-order valence-electron chi connectivity index (χ2n) is 4.85. The molecule has 1 rings (SSSR count). The van der Waals surface area contributed by atoms with Gasteiger partial charge in [-0.1, -0.05) is 46.1 Å². The first kappa shape index (κ1) is 10.3. The van der Waals surface area contributed by atoms with E-state index in [4.69, 9.17) is 0 Å². The van der Waals surface area contributed by atoms with Gasteiger partial charge in [-0.15, -0.1) is 0 Å². The minimum Gasteiger partial charge on any atom is -0.0988 e. The number of rotatable bonds is 2. The standard InChI is InChI=1S/C13H20/c1-6-10-8-9-12(11(10)7-2)13(3,4)5/h6-7,12H,1-2,8-9H2,3-5H3. The predicted molar refractivity (Wildman–Crippen MR) is 59.6 cm³/mol. The largest absolute Gasteiger partial charge is 0.0988 e. The highest BCUT2D eigenvalue weighted by Gasteiger charge is 2.31. The number of hydrogen-bond donors (Lipinski definition) is 0. The molecule has 0 aromatic rings. The summed E-state index contributed by atoms with van der Waals surface area (Å²) in [5.74, 6) is 0.665. The molecule has 0 saturated heterocycles. The highest BCUT2D eigenvalue weighted by molar-refractivity contribution is 5.38. The van der Waals surface area contributed by atoms with Crippen LogP contribution in [0.3, 0.4) is 0 Å². The Morgan fingerprint density at radius 1 is 1.23 bits per heavy atom. The van der Waals surface area contributed by atoms with E-state index in [0.29, 0.717) is 11.3 Å². The van der Waals surface area contributed by atoms with Gasteiger partial charge >= 0.3 is 0 Å². The van der Waals surface area contributed by atoms with E-state index >= 15 is 0 Å². The third-order valence-corrected chi connectivity index (χ3v) is 2.96. The quantitative estimate of drug-likeness (QED) is 0.594. The lowest BCUT2D eigenvalue weighted by Crippen LogP contribution is -2.19. The summed E-state index contributed by atoms with van der Waals surface area (Å²) in [6.07, 6.45) is 6.43. The predicted octanol–water partition coefficient (Wildman–Crippen LogP) is 4.11. The molecule has 0 aliphatic heterocycles. The van der Waals surface area contributed by atoms with Crippen LogP contribution in [0.15, 0.2) is 36.5 Å². The van der Waals surface area contributed by atoms with Gasteiger partial charge in [-0.3, -0.25) is 0 Å². The molecular formula is C13H20. The van der Waals surface area contributed by atoms with E-state index in [2.05, 4.69) is 33.9 Å². The fourth-order valence-electron chi connectivity index (χ4n) is 2.22. The van der Waals surface area contributed by atoms with E-state index in [1.54, 1.807) is 0 Å². The van der Waals surface area contributed by atoms with Crippen LogP contribution in [-0.4, -0.2) is 0 Å². The minimum atomic E-state index is 0.355. The van der Waals surface area contributed by atoms with E-state index < -0.39 is 0 Å². The van der Waals surface area contributed by atoms with Crippen molar-refractivity contribution in [3.05, 3.63) is 36.5 Å². The first-order valence-electron chi connectivity index (χ1n) is 4.98. The van der Waals surface area contributed by atoms with Crippen molar-refractivity contribution in [2.45, 2.75) is 33.6 Å². The van der Waals surface area contributed by atoms with Gasteiger partial charge in [-0.25, -0.2) is 0 Å². The van der Waals surface area contributed by atoms with Crippen LogP contribution in [0, 0.1) is 11.3 Å². The van der Waals surface area contributed by atoms with Crippen molar-refractivity contribution >= 4 is 0 Å². The van der Waals surface area contributed by atoms with Crippen LogP contribution in [-0.2, 0) is 0 Å². The fourth-order valence-corrected chi connectivity index (χ4v) is 2.22. The van der Waals surface area contributed by atoms with Crippen LogP contribution in [0.4, 0.5) is 0 Å². The van der Waals surface area contributed by atoms with Gasteiger partial charge in [0, 0.05) is 0 Å². The van der Waals surface area contributed by atoms with Gasteiger partial charge in [0.1, 0.15) is 0 Å². The van der Waals surface area contributed by atoms with E-state index in [-0.39, 0.29) is 0 Å². The molecule has 0 radical (unpaired) electrons. The summed E-state index contributed by atoms with van der Waals surface area (Å²) in [6.45, 7) is 14.6. The molecule has 0 fully saturated rings. The topological polar surface area (TPSA) is 0 Å². The van der Waals surface area contributed by atoms with Crippen molar-refractivity contribution in [3.63, 3.8) is 0 Å². The van der Waals surface area contributed by atoms with Crippen LogP contribution < -0.4 is 0 Å². The average Bonchev–Trinajstić information content (AvgIpc) is 2.45. The monoisotopic (exact) mass is 176 g/mol. The molecule has 0 spiro atoms.